The molecule has 0 amide bonds. The summed E-state index contributed by atoms with van der Waals surface area (Å²) in [5.41, 5.74) is 8.15. The maximum atomic E-state index is 10.5. The minimum Gasteiger partial charge on any atom is -0.388 e. The van der Waals surface area contributed by atoms with Crippen LogP contribution in [-0.2, 0) is 0 Å². The van der Waals surface area contributed by atoms with E-state index in [1.807, 2.05) is 60.7 Å². The van der Waals surface area contributed by atoms with Gasteiger partial charge in [0.05, 0.1) is 12.2 Å². The number of para-hydroxylation sites is 2. The number of anilines is 6. The molecule has 0 aliphatic heterocycles. The van der Waals surface area contributed by atoms with E-state index in [1.54, 1.807) is 0 Å². The second-order valence-electron chi connectivity index (χ2n) is 10.7. The van der Waals surface area contributed by atoms with Crippen molar-refractivity contribution >= 4 is 34.1 Å². The van der Waals surface area contributed by atoms with Crippen LogP contribution >= 0.6 is 0 Å². The zero-order chi connectivity index (χ0) is 29.3. The predicted octanol–water partition coefficient (Wildman–Crippen LogP) is 10.3. The molecule has 214 valence electrons. The lowest BCUT2D eigenvalue weighted by Crippen LogP contribution is -2.12. The summed E-state index contributed by atoms with van der Waals surface area (Å²) in [6.07, 6.45) is 2.50. The van der Waals surface area contributed by atoms with Crippen LogP contribution in [0.1, 0.15) is 62.9 Å². The number of aliphatic hydroxyl groups is 2. The van der Waals surface area contributed by atoms with Crippen LogP contribution in [0.4, 0.5) is 34.1 Å². The van der Waals surface area contributed by atoms with Crippen LogP contribution in [0.25, 0.3) is 0 Å². The van der Waals surface area contributed by atoms with E-state index in [9.17, 15) is 10.2 Å². The van der Waals surface area contributed by atoms with Crippen LogP contribution in [0, 0.1) is 0 Å². The minimum atomic E-state index is -0.443. The predicted molar refractivity (Wildman–Crippen MR) is 176 cm³/mol. The molecule has 0 heterocycles. The molecule has 5 aromatic carbocycles. The molecule has 0 aliphatic rings. The Bertz CT molecular complexity index is 1380. The van der Waals surface area contributed by atoms with Crippen LogP contribution in [0.15, 0.2) is 133 Å². The first-order chi connectivity index (χ1) is 20.6. The Morgan fingerprint density at radius 1 is 0.405 bits per heavy atom. The van der Waals surface area contributed by atoms with Gasteiger partial charge in [0.1, 0.15) is 0 Å². The largest absolute Gasteiger partial charge is 0.388 e. The highest BCUT2D eigenvalue weighted by atomic mass is 16.3. The maximum Gasteiger partial charge on any atom is 0.0790 e. The summed E-state index contributed by atoms with van der Waals surface area (Å²) in [7, 11) is 0. The lowest BCUT2D eigenvalue weighted by Gasteiger charge is -2.28. The lowest BCUT2D eigenvalue weighted by molar-refractivity contribution is 0.166. The van der Waals surface area contributed by atoms with E-state index < -0.39 is 12.2 Å². The zero-order valence-corrected chi connectivity index (χ0v) is 24.5. The molecule has 5 rings (SSSR count). The zero-order valence-electron chi connectivity index (χ0n) is 24.5. The van der Waals surface area contributed by atoms with Gasteiger partial charge in [0.25, 0.3) is 0 Å². The average Bonchev–Trinajstić information content (AvgIpc) is 3.04. The van der Waals surface area contributed by atoms with E-state index in [0.717, 1.165) is 70.9 Å². The maximum absolute atomic E-state index is 10.5. The molecule has 0 bridgehead atoms. The number of hydrogen-bond acceptors (Lipinski definition) is 4. The van der Waals surface area contributed by atoms with Crippen molar-refractivity contribution in [3.8, 4) is 0 Å². The Hall–Kier alpha value is -4.38. The van der Waals surface area contributed by atoms with Crippen LogP contribution in [-0.4, -0.2) is 10.2 Å². The number of benzene rings is 5. The Kier molecular flexibility index (Phi) is 9.70. The van der Waals surface area contributed by atoms with Crippen LogP contribution < -0.4 is 9.80 Å². The summed E-state index contributed by atoms with van der Waals surface area (Å²) in [6.45, 7) is 4.18. The van der Waals surface area contributed by atoms with Gasteiger partial charge in [-0.2, -0.15) is 0 Å². The van der Waals surface area contributed by atoms with E-state index in [4.69, 9.17) is 0 Å². The van der Waals surface area contributed by atoms with Crippen molar-refractivity contribution in [2.45, 2.75) is 51.7 Å². The van der Waals surface area contributed by atoms with Gasteiger partial charge < -0.3 is 20.0 Å². The molecule has 0 saturated heterocycles. The first-order valence-electron chi connectivity index (χ1n) is 15.0. The van der Waals surface area contributed by atoms with Gasteiger partial charge in [0, 0.05) is 34.1 Å². The molecule has 42 heavy (non-hydrogen) atoms. The van der Waals surface area contributed by atoms with Crippen LogP contribution in [0.3, 0.4) is 0 Å². The highest BCUT2D eigenvalue weighted by Crippen LogP contribution is 2.39. The molecule has 0 aliphatic carbocycles. The summed E-state index contributed by atoms with van der Waals surface area (Å²) >= 11 is 0. The van der Waals surface area contributed by atoms with Crippen LogP contribution in [0.5, 0.6) is 0 Å². The van der Waals surface area contributed by atoms with Gasteiger partial charge in [-0.25, -0.2) is 0 Å². The van der Waals surface area contributed by atoms with Crippen molar-refractivity contribution in [2.75, 3.05) is 9.80 Å². The third kappa shape index (κ3) is 6.73. The number of rotatable bonds is 12. The molecule has 4 nitrogen and oxygen atoms in total. The smallest absolute Gasteiger partial charge is 0.0790 e. The average molecular weight is 557 g/mol. The second kappa shape index (κ2) is 14.0. The van der Waals surface area contributed by atoms with Gasteiger partial charge in [0.2, 0.25) is 0 Å². The quantitative estimate of drug-likeness (QED) is 0.160. The summed E-state index contributed by atoms with van der Waals surface area (Å²) in [5, 5.41) is 21.0. The SMILES string of the molecule is CCCC(O)c1ccc(N(c2ccccc2)c2ccc(N(c3ccccc3)c3ccc(C(O)CCC)cc3)cc2)cc1. The highest BCUT2D eigenvalue weighted by molar-refractivity contribution is 5.81. The minimum absolute atomic E-state index is 0.443. The molecule has 5 aromatic rings. The van der Waals surface area contributed by atoms with Crippen LogP contribution in [0.2, 0.25) is 0 Å². The molecular formula is C38H40N2O2. The number of aliphatic hydroxyl groups excluding tert-OH is 2. The summed E-state index contributed by atoms with van der Waals surface area (Å²) < 4.78 is 0. The molecule has 2 N–H and O–H groups in total. The molecule has 0 fully saturated rings. The second-order valence-corrected chi connectivity index (χ2v) is 10.7. The fraction of sp³-hybridized carbons (Fsp3) is 0.211. The van der Waals surface area contributed by atoms with Gasteiger partial charge in [-0.05, 0) is 96.8 Å². The third-order valence-corrected chi connectivity index (χ3v) is 7.59. The number of hydrogen-bond donors (Lipinski definition) is 2. The topological polar surface area (TPSA) is 46.9 Å². The Morgan fingerprint density at radius 3 is 0.952 bits per heavy atom. The summed E-state index contributed by atoms with van der Waals surface area (Å²) in [6, 6.07) is 45.7. The summed E-state index contributed by atoms with van der Waals surface area (Å²) in [5.74, 6) is 0. The molecule has 0 aromatic heterocycles. The van der Waals surface area contributed by atoms with E-state index in [1.165, 1.54) is 0 Å². The monoisotopic (exact) mass is 556 g/mol. The fourth-order valence-electron chi connectivity index (χ4n) is 5.37. The molecule has 0 saturated carbocycles. The van der Waals surface area contributed by atoms with Gasteiger partial charge in [-0.15, -0.1) is 0 Å². The third-order valence-electron chi connectivity index (χ3n) is 7.59. The van der Waals surface area contributed by atoms with Crippen molar-refractivity contribution in [1.82, 2.24) is 0 Å². The van der Waals surface area contributed by atoms with Crippen molar-refractivity contribution in [3.63, 3.8) is 0 Å². The van der Waals surface area contributed by atoms with Crippen molar-refractivity contribution in [2.24, 2.45) is 0 Å². The van der Waals surface area contributed by atoms with Crippen molar-refractivity contribution in [3.05, 3.63) is 145 Å². The Labute approximate surface area is 250 Å². The first-order valence-corrected chi connectivity index (χ1v) is 15.0. The standard InChI is InChI=1S/C38H40N2O2/c1-3-11-37(41)29-17-21-33(22-18-29)39(31-13-7-5-8-14-31)35-25-27-36(28-26-35)40(32-15-9-6-10-16-32)34-23-19-30(20-24-34)38(42)12-4-2/h5-10,13-28,37-38,41-42H,3-4,11-12H2,1-2H3. The van der Waals surface area contributed by atoms with Gasteiger partial charge >= 0.3 is 0 Å². The van der Waals surface area contributed by atoms with Crippen molar-refractivity contribution < 1.29 is 10.2 Å². The van der Waals surface area contributed by atoms with Gasteiger partial charge in [-0.3, -0.25) is 0 Å². The lowest BCUT2D eigenvalue weighted by atomic mass is 10.0. The fourth-order valence-corrected chi connectivity index (χ4v) is 5.37. The first kappa shape index (κ1) is 29.1. The molecule has 2 atom stereocenters. The van der Waals surface area contributed by atoms with E-state index in [-0.39, 0.29) is 0 Å². The molecule has 0 radical (unpaired) electrons. The van der Waals surface area contributed by atoms with E-state index in [2.05, 4.69) is 96.4 Å². The summed E-state index contributed by atoms with van der Waals surface area (Å²) in [4.78, 5) is 4.47. The van der Waals surface area contributed by atoms with Crippen molar-refractivity contribution in [1.29, 1.82) is 0 Å². The molecular weight excluding hydrogens is 516 g/mol. The normalized spacial score (nSPS) is 12.5. The van der Waals surface area contributed by atoms with Gasteiger partial charge in [0.15, 0.2) is 0 Å². The Balaban J connectivity index is 1.50. The number of nitrogens with zero attached hydrogens (tertiary/aromatic N) is 2. The van der Waals surface area contributed by atoms with Gasteiger partial charge in [-0.1, -0.05) is 87.4 Å². The molecule has 4 heteroatoms. The molecule has 0 spiro atoms. The highest BCUT2D eigenvalue weighted by Gasteiger charge is 2.17. The van der Waals surface area contributed by atoms with E-state index in [0.29, 0.717) is 0 Å². The van der Waals surface area contributed by atoms with E-state index >= 15 is 0 Å². The Morgan fingerprint density at radius 2 is 0.667 bits per heavy atom. The molecule has 2 unspecified atom stereocenters.